The van der Waals surface area contributed by atoms with Gasteiger partial charge in [0.15, 0.2) is 0 Å². The van der Waals surface area contributed by atoms with E-state index in [9.17, 15) is 0 Å². The van der Waals surface area contributed by atoms with Gasteiger partial charge in [-0.15, -0.1) is 0 Å². The van der Waals surface area contributed by atoms with Gasteiger partial charge < -0.3 is 0 Å². The van der Waals surface area contributed by atoms with Crippen LogP contribution >= 0.6 is 0 Å². The smallest absolute Gasteiger partial charge is 0.0638 e. The van der Waals surface area contributed by atoms with Gasteiger partial charge in [-0.05, 0) is 30.5 Å². The summed E-state index contributed by atoms with van der Waals surface area (Å²) in [6.07, 6.45) is 6.87. The molecule has 1 heterocycles. The van der Waals surface area contributed by atoms with Crippen LogP contribution in [-0.2, 0) is 0 Å². The maximum Gasteiger partial charge on any atom is 0.0638 e. The molecule has 0 radical (unpaired) electrons. The van der Waals surface area contributed by atoms with Gasteiger partial charge in [0.25, 0.3) is 0 Å². The van der Waals surface area contributed by atoms with Crippen molar-refractivity contribution in [1.82, 2.24) is 0 Å². The third kappa shape index (κ3) is 1.33. The van der Waals surface area contributed by atoms with Crippen LogP contribution in [-0.4, -0.2) is 5.71 Å². The Morgan fingerprint density at radius 3 is 2.86 bits per heavy atom. The number of hydrogen-bond donors (Lipinski definition) is 1. The van der Waals surface area contributed by atoms with Gasteiger partial charge in [0.1, 0.15) is 0 Å². The van der Waals surface area contributed by atoms with Crippen molar-refractivity contribution < 1.29 is 0 Å². The number of para-hydroxylation sites is 1. The Bertz CT molecular complexity index is 414. The van der Waals surface area contributed by atoms with Crippen molar-refractivity contribution in [1.29, 1.82) is 0 Å². The van der Waals surface area contributed by atoms with Gasteiger partial charge in [0, 0.05) is 5.92 Å². The lowest BCUT2D eigenvalue weighted by atomic mass is 10.1. The van der Waals surface area contributed by atoms with Crippen LogP contribution in [0.15, 0.2) is 35.4 Å². The number of hydrogen-bond acceptors (Lipinski definition) is 2. The zero-order valence-corrected chi connectivity index (χ0v) is 7.90. The highest BCUT2D eigenvalue weighted by atomic mass is 15.3. The second-order valence-corrected chi connectivity index (χ2v) is 3.84. The number of nitrogens with zero attached hydrogens (tertiary/aromatic N) is 1. The van der Waals surface area contributed by atoms with Crippen molar-refractivity contribution >= 4 is 17.5 Å². The van der Waals surface area contributed by atoms with Gasteiger partial charge in [0.05, 0.1) is 11.4 Å². The minimum absolute atomic E-state index is 0.702. The highest BCUT2D eigenvalue weighted by Crippen LogP contribution is 2.32. The van der Waals surface area contributed by atoms with E-state index in [1.54, 1.807) is 0 Å². The summed E-state index contributed by atoms with van der Waals surface area (Å²) in [4.78, 5) is 0. The summed E-state index contributed by atoms with van der Waals surface area (Å²) in [7, 11) is 0. The Morgan fingerprint density at radius 1 is 1.14 bits per heavy atom. The zero-order valence-electron chi connectivity index (χ0n) is 7.90. The fourth-order valence-corrected chi connectivity index (χ4v) is 1.69. The number of hydrazone groups is 1. The molecule has 0 atom stereocenters. The molecular weight excluding hydrogens is 172 g/mol. The second kappa shape index (κ2) is 2.98. The van der Waals surface area contributed by atoms with E-state index in [2.05, 4.69) is 34.8 Å². The topological polar surface area (TPSA) is 24.4 Å². The first kappa shape index (κ1) is 7.80. The molecule has 0 amide bonds. The van der Waals surface area contributed by atoms with Crippen molar-refractivity contribution in [3.05, 3.63) is 35.9 Å². The molecule has 3 rings (SSSR count). The molecule has 0 unspecified atom stereocenters. The SMILES string of the molecule is C1=Cc2ccccc2NN=C1C1CC1. The van der Waals surface area contributed by atoms with Crippen molar-refractivity contribution in [3.63, 3.8) is 0 Å². The Kier molecular flexibility index (Phi) is 1.66. The summed E-state index contributed by atoms with van der Waals surface area (Å²) in [5.74, 6) is 0.702. The minimum Gasteiger partial charge on any atom is -0.278 e. The van der Waals surface area contributed by atoms with E-state index >= 15 is 0 Å². The molecule has 2 aliphatic rings. The highest BCUT2D eigenvalue weighted by molar-refractivity contribution is 6.03. The normalized spacial score (nSPS) is 19.3. The van der Waals surface area contributed by atoms with E-state index in [1.165, 1.54) is 24.1 Å². The number of nitrogens with one attached hydrogen (secondary N) is 1. The lowest BCUT2D eigenvalue weighted by molar-refractivity contribution is 1.17. The zero-order chi connectivity index (χ0) is 9.38. The molecular formula is C12H12N2. The quantitative estimate of drug-likeness (QED) is 0.713. The van der Waals surface area contributed by atoms with Gasteiger partial charge in [-0.3, -0.25) is 5.43 Å². The van der Waals surface area contributed by atoms with Crippen molar-refractivity contribution in [2.75, 3.05) is 5.43 Å². The van der Waals surface area contributed by atoms with Crippen LogP contribution in [0.1, 0.15) is 18.4 Å². The molecule has 1 aliphatic carbocycles. The predicted molar refractivity (Wildman–Crippen MR) is 59.3 cm³/mol. The van der Waals surface area contributed by atoms with Crippen LogP contribution < -0.4 is 5.43 Å². The molecule has 70 valence electrons. The molecule has 2 heteroatoms. The first-order valence-corrected chi connectivity index (χ1v) is 5.04. The Labute approximate surface area is 83.3 Å². The molecule has 1 aliphatic heterocycles. The van der Waals surface area contributed by atoms with Crippen LogP contribution in [0, 0.1) is 5.92 Å². The molecule has 1 aromatic rings. The number of fused-ring (bicyclic) bond motifs is 1. The van der Waals surface area contributed by atoms with Crippen LogP contribution in [0.25, 0.3) is 6.08 Å². The summed E-state index contributed by atoms with van der Waals surface area (Å²) in [6, 6.07) is 8.23. The lowest BCUT2D eigenvalue weighted by Crippen LogP contribution is -1.99. The fourth-order valence-electron chi connectivity index (χ4n) is 1.69. The summed E-state index contributed by atoms with van der Waals surface area (Å²) in [5, 5.41) is 4.41. The molecule has 0 spiro atoms. The standard InChI is InChI=1S/C12H12N2/c1-2-4-11-9(3-1)7-8-12(14-13-11)10-5-6-10/h1-4,7-8,10,13H,5-6H2. The Hall–Kier alpha value is -1.57. The van der Waals surface area contributed by atoms with Gasteiger partial charge in [-0.2, -0.15) is 5.10 Å². The number of benzene rings is 1. The van der Waals surface area contributed by atoms with Crippen LogP contribution in [0.3, 0.4) is 0 Å². The predicted octanol–water partition coefficient (Wildman–Crippen LogP) is 2.89. The average Bonchev–Trinajstić information content (AvgIpc) is 3.03. The number of allylic oxidation sites excluding steroid dienone is 1. The molecule has 2 nitrogen and oxygen atoms in total. The maximum atomic E-state index is 4.41. The van der Waals surface area contributed by atoms with E-state index in [-0.39, 0.29) is 0 Å². The van der Waals surface area contributed by atoms with E-state index in [0.717, 1.165) is 5.69 Å². The maximum absolute atomic E-state index is 4.41. The first-order valence-electron chi connectivity index (χ1n) is 5.04. The molecule has 1 fully saturated rings. The van der Waals surface area contributed by atoms with Crippen LogP contribution in [0.2, 0.25) is 0 Å². The summed E-state index contributed by atoms with van der Waals surface area (Å²) >= 11 is 0. The van der Waals surface area contributed by atoms with E-state index in [1.807, 2.05) is 12.1 Å². The monoisotopic (exact) mass is 184 g/mol. The third-order valence-electron chi connectivity index (χ3n) is 2.70. The average molecular weight is 184 g/mol. The molecule has 1 saturated carbocycles. The molecule has 14 heavy (non-hydrogen) atoms. The summed E-state index contributed by atoms with van der Waals surface area (Å²) < 4.78 is 0. The first-order chi connectivity index (χ1) is 6.93. The summed E-state index contributed by atoms with van der Waals surface area (Å²) in [6.45, 7) is 0. The lowest BCUT2D eigenvalue weighted by Gasteiger charge is -2.02. The number of anilines is 1. The van der Waals surface area contributed by atoms with E-state index < -0.39 is 0 Å². The van der Waals surface area contributed by atoms with Gasteiger partial charge in [-0.25, -0.2) is 0 Å². The van der Waals surface area contributed by atoms with Crippen molar-refractivity contribution in [3.8, 4) is 0 Å². The van der Waals surface area contributed by atoms with Gasteiger partial charge in [-0.1, -0.05) is 24.3 Å². The molecule has 0 bridgehead atoms. The summed E-state index contributed by atoms with van der Waals surface area (Å²) in [5.41, 5.74) is 6.63. The van der Waals surface area contributed by atoms with Crippen LogP contribution in [0.4, 0.5) is 5.69 Å². The van der Waals surface area contributed by atoms with E-state index in [4.69, 9.17) is 0 Å². The van der Waals surface area contributed by atoms with Crippen molar-refractivity contribution in [2.45, 2.75) is 12.8 Å². The van der Waals surface area contributed by atoms with Crippen molar-refractivity contribution in [2.24, 2.45) is 11.0 Å². The van der Waals surface area contributed by atoms with Crippen LogP contribution in [0.5, 0.6) is 0 Å². The molecule has 0 saturated heterocycles. The van der Waals surface area contributed by atoms with Gasteiger partial charge >= 0.3 is 0 Å². The van der Waals surface area contributed by atoms with Gasteiger partial charge in [0.2, 0.25) is 0 Å². The highest BCUT2D eigenvalue weighted by Gasteiger charge is 2.26. The number of rotatable bonds is 1. The minimum atomic E-state index is 0.702. The second-order valence-electron chi connectivity index (χ2n) is 3.84. The molecule has 1 N–H and O–H groups in total. The fraction of sp³-hybridized carbons (Fsp3) is 0.250. The Balaban J connectivity index is 1.97. The molecule has 1 aromatic carbocycles. The Morgan fingerprint density at radius 2 is 2.00 bits per heavy atom. The molecule has 0 aromatic heterocycles. The third-order valence-corrected chi connectivity index (χ3v) is 2.70. The largest absolute Gasteiger partial charge is 0.278 e. The van der Waals surface area contributed by atoms with E-state index in [0.29, 0.717) is 5.92 Å².